The molecule has 2 amide bonds. The van der Waals surface area contributed by atoms with Crippen LogP contribution in [-0.4, -0.2) is 48.8 Å². The van der Waals surface area contributed by atoms with Crippen LogP contribution in [0.5, 0.6) is 0 Å². The number of likely N-dealkylation sites (tertiary alicyclic amines) is 1. The minimum Gasteiger partial charge on any atom is -0.348 e. The van der Waals surface area contributed by atoms with Crippen molar-refractivity contribution < 1.29 is 9.59 Å². The lowest BCUT2D eigenvalue weighted by atomic mass is 9.79. The second-order valence-electron chi connectivity index (χ2n) is 9.55. The number of benzene rings is 2. The third-order valence-electron chi connectivity index (χ3n) is 6.81. The van der Waals surface area contributed by atoms with Gasteiger partial charge in [-0.3, -0.25) is 9.59 Å². The van der Waals surface area contributed by atoms with Crippen molar-refractivity contribution in [3.63, 3.8) is 0 Å². The molecule has 158 valence electrons. The maximum absolute atomic E-state index is 13.3. The molecule has 2 fully saturated rings. The number of hydrogen-bond donors (Lipinski definition) is 0. The van der Waals surface area contributed by atoms with Gasteiger partial charge in [0.05, 0.1) is 5.41 Å². The van der Waals surface area contributed by atoms with E-state index < -0.39 is 5.41 Å². The molecule has 2 aromatic carbocycles. The fourth-order valence-corrected chi connectivity index (χ4v) is 4.83. The van der Waals surface area contributed by atoms with Gasteiger partial charge in [-0.25, -0.2) is 0 Å². The molecule has 0 radical (unpaired) electrons. The molecule has 30 heavy (non-hydrogen) atoms. The lowest BCUT2D eigenvalue weighted by molar-refractivity contribution is -0.140. The third-order valence-corrected chi connectivity index (χ3v) is 6.81. The van der Waals surface area contributed by atoms with Crippen molar-refractivity contribution in [3.05, 3.63) is 59.7 Å². The zero-order chi connectivity index (χ0) is 21.5. The molecule has 1 aliphatic heterocycles. The van der Waals surface area contributed by atoms with Gasteiger partial charge < -0.3 is 9.80 Å². The van der Waals surface area contributed by atoms with E-state index in [0.29, 0.717) is 25.4 Å². The van der Waals surface area contributed by atoms with Crippen molar-refractivity contribution in [2.75, 3.05) is 27.2 Å². The Morgan fingerprint density at radius 3 is 2.43 bits per heavy atom. The highest BCUT2D eigenvalue weighted by Gasteiger charge is 2.50. The van der Waals surface area contributed by atoms with Crippen LogP contribution in [0, 0.1) is 24.2 Å². The van der Waals surface area contributed by atoms with E-state index in [-0.39, 0.29) is 17.7 Å². The molecule has 0 aromatic heterocycles. The first-order chi connectivity index (χ1) is 14.3. The Balaban J connectivity index is 1.59. The smallest absolute Gasteiger partial charge is 0.230 e. The van der Waals surface area contributed by atoms with E-state index >= 15 is 0 Å². The monoisotopic (exact) mass is 404 g/mol. The van der Waals surface area contributed by atoms with Crippen LogP contribution in [0.3, 0.4) is 0 Å². The molecule has 2 aromatic rings. The van der Waals surface area contributed by atoms with E-state index in [4.69, 9.17) is 0 Å². The molecule has 1 aliphatic carbocycles. The number of hydrogen-bond acceptors (Lipinski definition) is 2. The van der Waals surface area contributed by atoms with Crippen molar-refractivity contribution >= 4 is 11.8 Å². The highest BCUT2D eigenvalue weighted by molar-refractivity contribution is 5.87. The van der Waals surface area contributed by atoms with E-state index in [1.165, 1.54) is 11.1 Å². The summed E-state index contributed by atoms with van der Waals surface area (Å²) in [7, 11) is 3.64. The van der Waals surface area contributed by atoms with Crippen molar-refractivity contribution in [3.8, 4) is 11.1 Å². The maximum atomic E-state index is 13.3. The first-order valence-corrected chi connectivity index (χ1v) is 11.0. The third kappa shape index (κ3) is 4.00. The maximum Gasteiger partial charge on any atom is 0.230 e. The number of rotatable bonds is 5. The molecule has 1 heterocycles. The van der Waals surface area contributed by atoms with Gasteiger partial charge in [0, 0.05) is 33.1 Å². The summed E-state index contributed by atoms with van der Waals surface area (Å²) in [5.74, 6) is 1.02. The quantitative estimate of drug-likeness (QED) is 0.751. The second-order valence-corrected chi connectivity index (χ2v) is 9.55. The van der Waals surface area contributed by atoms with E-state index in [1.807, 2.05) is 19.0 Å². The Labute approximate surface area is 179 Å². The molecule has 0 spiro atoms. The molecule has 0 bridgehead atoms. The van der Waals surface area contributed by atoms with Crippen molar-refractivity contribution in [2.24, 2.45) is 17.3 Å². The van der Waals surface area contributed by atoms with Gasteiger partial charge in [-0.15, -0.1) is 0 Å². The fourth-order valence-electron chi connectivity index (χ4n) is 4.83. The summed E-state index contributed by atoms with van der Waals surface area (Å²) in [6, 6.07) is 17.0. The van der Waals surface area contributed by atoms with Crippen LogP contribution in [0.2, 0.25) is 0 Å². The summed E-state index contributed by atoms with van der Waals surface area (Å²) in [6.45, 7) is 5.43. The Morgan fingerprint density at radius 2 is 1.80 bits per heavy atom. The Hall–Kier alpha value is -2.62. The van der Waals surface area contributed by atoms with Gasteiger partial charge in [0.1, 0.15) is 0 Å². The van der Waals surface area contributed by atoms with Crippen molar-refractivity contribution in [1.82, 2.24) is 9.80 Å². The van der Waals surface area contributed by atoms with Gasteiger partial charge in [0.25, 0.3) is 0 Å². The first-order valence-electron chi connectivity index (χ1n) is 11.0. The molecule has 4 rings (SSSR count). The molecule has 2 aliphatic rings. The molecule has 1 saturated carbocycles. The molecular weight excluding hydrogens is 372 g/mol. The van der Waals surface area contributed by atoms with E-state index in [1.54, 1.807) is 4.90 Å². The molecule has 3 atom stereocenters. The van der Waals surface area contributed by atoms with Crippen LogP contribution < -0.4 is 0 Å². The SMILES string of the molecule is Cc1ccc(-c2cccc(C[C@]3(C(=O)N(C)C)CCN(C(=O)[C@@H]4C[C@@H]4C)C3)c2)cc1. The van der Waals surface area contributed by atoms with Gasteiger partial charge in [0.2, 0.25) is 11.8 Å². The minimum atomic E-state index is -0.539. The average Bonchev–Trinajstić information content (AvgIpc) is 3.31. The van der Waals surface area contributed by atoms with E-state index in [9.17, 15) is 9.59 Å². The van der Waals surface area contributed by atoms with Gasteiger partial charge in [-0.2, -0.15) is 0 Å². The van der Waals surface area contributed by atoms with Crippen LogP contribution in [-0.2, 0) is 16.0 Å². The Morgan fingerprint density at radius 1 is 1.10 bits per heavy atom. The summed E-state index contributed by atoms with van der Waals surface area (Å²) in [6.07, 6.45) is 2.38. The lowest BCUT2D eigenvalue weighted by Gasteiger charge is -2.31. The predicted molar refractivity (Wildman–Crippen MR) is 120 cm³/mol. The van der Waals surface area contributed by atoms with Crippen molar-refractivity contribution in [2.45, 2.75) is 33.1 Å². The van der Waals surface area contributed by atoms with Crippen molar-refractivity contribution in [1.29, 1.82) is 0 Å². The van der Waals surface area contributed by atoms with Crippen LogP contribution >= 0.6 is 0 Å². The van der Waals surface area contributed by atoms with Gasteiger partial charge in [0.15, 0.2) is 0 Å². The van der Waals surface area contributed by atoms with Crippen LogP contribution in [0.15, 0.2) is 48.5 Å². The molecule has 1 saturated heterocycles. The number of aryl methyl sites for hydroxylation is 1. The fraction of sp³-hybridized carbons (Fsp3) is 0.462. The topological polar surface area (TPSA) is 40.6 Å². The molecule has 0 unspecified atom stereocenters. The van der Waals surface area contributed by atoms with E-state index in [2.05, 4.69) is 62.4 Å². The normalized spacial score (nSPS) is 25.3. The van der Waals surface area contributed by atoms with Crippen LogP contribution in [0.1, 0.15) is 30.9 Å². The van der Waals surface area contributed by atoms with Gasteiger partial charge >= 0.3 is 0 Å². The zero-order valence-corrected chi connectivity index (χ0v) is 18.5. The van der Waals surface area contributed by atoms with Crippen LogP contribution in [0.4, 0.5) is 0 Å². The Bertz CT molecular complexity index is 950. The Kier molecular flexibility index (Phi) is 5.44. The summed E-state index contributed by atoms with van der Waals surface area (Å²) < 4.78 is 0. The average molecular weight is 405 g/mol. The zero-order valence-electron chi connectivity index (χ0n) is 18.5. The lowest BCUT2D eigenvalue weighted by Crippen LogP contribution is -2.45. The highest BCUT2D eigenvalue weighted by atomic mass is 16.2. The number of nitrogens with zero attached hydrogens (tertiary/aromatic N) is 2. The highest BCUT2D eigenvalue weighted by Crippen LogP contribution is 2.43. The number of amides is 2. The largest absolute Gasteiger partial charge is 0.348 e. The standard InChI is InChI=1S/C26H32N2O2/c1-18-8-10-21(11-9-18)22-7-5-6-20(15-22)16-26(25(30)27(3)4)12-13-28(17-26)24(29)23-14-19(23)2/h5-11,15,19,23H,12-14,16-17H2,1-4H3/t19-,23+,26+/m0/s1. The molecule has 0 N–H and O–H groups in total. The number of carbonyl (C=O) groups excluding carboxylic acids is 2. The predicted octanol–water partition coefficient (Wildman–Crippen LogP) is 4.17. The first kappa shape index (κ1) is 20.6. The molecule has 4 nitrogen and oxygen atoms in total. The van der Waals surface area contributed by atoms with Gasteiger partial charge in [-0.1, -0.05) is 61.0 Å². The summed E-state index contributed by atoms with van der Waals surface area (Å²) >= 11 is 0. The summed E-state index contributed by atoms with van der Waals surface area (Å²) in [5, 5.41) is 0. The summed E-state index contributed by atoms with van der Waals surface area (Å²) in [5.41, 5.74) is 4.20. The van der Waals surface area contributed by atoms with E-state index in [0.717, 1.165) is 24.0 Å². The number of carbonyl (C=O) groups is 2. The summed E-state index contributed by atoms with van der Waals surface area (Å²) in [4.78, 5) is 29.7. The second kappa shape index (κ2) is 7.90. The molecular formula is C26H32N2O2. The van der Waals surface area contributed by atoms with Crippen LogP contribution in [0.25, 0.3) is 11.1 Å². The minimum absolute atomic E-state index is 0.127. The molecule has 4 heteroatoms. The van der Waals surface area contributed by atoms with Gasteiger partial charge in [-0.05, 0) is 48.8 Å².